The first-order valence-electron chi connectivity index (χ1n) is 4.97. The van der Waals surface area contributed by atoms with Crippen LogP contribution in [0.1, 0.15) is 10.5 Å². The van der Waals surface area contributed by atoms with E-state index in [0.29, 0.717) is 5.69 Å². The number of rotatable bonds is 2. The van der Waals surface area contributed by atoms with Crippen LogP contribution in [-0.4, -0.2) is 15.9 Å². The summed E-state index contributed by atoms with van der Waals surface area (Å²) in [5, 5.41) is 2.31. The Morgan fingerprint density at radius 3 is 2.89 bits per heavy atom. The van der Waals surface area contributed by atoms with Gasteiger partial charge in [-0.3, -0.25) is 9.59 Å². The molecule has 18 heavy (non-hydrogen) atoms. The SMILES string of the molecule is Nc1ccc(F)c(NC(=O)c2c[nH]c(=O)cn2)c1. The van der Waals surface area contributed by atoms with Gasteiger partial charge in [-0.1, -0.05) is 0 Å². The number of benzene rings is 1. The molecule has 0 saturated carbocycles. The number of hydrogen-bond donors (Lipinski definition) is 3. The van der Waals surface area contributed by atoms with Crippen LogP contribution in [0.3, 0.4) is 0 Å². The largest absolute Gasteiger partial charge is 0.399 e. The van der Waals surface area contributed by atoms with Crippen LogP contribution in [-0.2, 0) is 0 Å². The van der Waals surface area contributed by atoms with Gasteiger partial charge in [-0.2, -0.15) is 0 Å². The zero-order chi connectivity index (χ0) is 13.1. The number of anilines is 2. The van der Waals surface area contributed by atoms with Gasteiger partial charge in [-0.25, -0.2) is 9.37 Å². The minimum Gasteiger partial charge on any atom is -0.399 e. The molecule has 0 fully saturated rings. The monoisotopic (exact) mass is 248 g/mol. The third kappa shape index (κ3) is 2.51. The van der Waals surface area contributed by atoms with Gasteiger partial charge < -0.3 is 16.0 Å². The van der Waals surface area contributed by atoms with Crippen LogP contribution in [0.15, 0.2) is 35.4 Å². The summed E-state index contributed by atoms with van der Waals surface area (Å²) in [6, 6.07) is 3.81. The molecule has 0 aliphatic carbocycles. The van der Waals surface area contributed by atoms with Crippen molar-refractivity contribution in [1.82, 2.24) is 9.97 Å². The van der Waals surface area contributed by atoms with Crippen molar-refractivity contribution in [2.45, 2.75) is 0 Å². The number of carbonyl (C=O) groups is 1. The molecule has 0 radical (unpaired) electrons. The highest BCUT2D eigenvalue weighted by Gasteiger charge is 2.10. The minimum atomic E-state index is -0.643. The first-order chi connectivity index (χ1) is 8.56. The Morgan fingerprint density at radius 1 is 1.44 bits per heavy atom. The van der Waals surface area contributed by atoms with Crippen molar-refractivity contribution in [3.63, 3.8) is 0 Å². The highest BCUT2D eigenvalue weighted by molar-refractivity contribution is 6.02. The number of nitrogen functional groups attached to an aromatic ring is 1. The zero-order valence-electron chi connectivity index (χ0n) is 9.11. The number of hydrogen-bond acceptors (Lipinski definition) is 4. The van der Waals surface area contributed by atoms with Gasteiger partial charge in [0.15, 0.2) is 0 Å². The standard InChI is InChI=1S/C11H9FN4O2/c12-7-2-1-6(13)3-8(7)16-11(18)9-4-15-10(17)5-14-9/h1-5H,13H2,(H,15,17)(H,16,18). The molecule has 1 aromatic carbocycles. The Kier molecular flexibility index (Phi) is 3.05. The van der Waals surface area contributed by atoms with Crippen molar-refractivity contribution in [2.24, 2.45) is 0 Å². The van der Waals surface area contributed by atoms with E-state index in [-0.39, 0.29) is 11.4 Å². The normalized spacial score (nSPS) is 10.1. The van der Waals surface area contributed by atoms with Crippen LogP contribution in [0.25, 0.3) is 0 Å². The zero-order valence-corrected chi connectivity index (χ0v) is 9.11. The molecular weight excluding hydrogens is 239 g/mol. The topological polar surface area (TPSA) is 101 Å². The molecule has 0 spiro atoms. The van der Waals surface area contributed by atoms with Gasteiger partial charge in [0.25, 0.3) is 11.5 Å². The van der Waals surface area contributed by atoms with Crippen molar-refractivity contribution in [3.8, 4) is 0 Å². The molecule has 1 heterocycles. The predicted octanol–water partition coefficient (Wildman–Crippen LogP) is 0.744. The fraction of sp³-hybridized carbons (Fsp3) is 0. The summed E-state index contributed by atoms with van der Waals surface area (Å²) >= 11 is 0. The fourth-order valence-electron chi connectivity index (χ4n) is 1.29. The van der Waals surface area contributed by atoms with E-state index < -0.39 is 17.3 Å². The van der Waals surface area contributed by atoms with Gasteiger partial charge in [0.05, 0.1) is 11.9 Å². The highest BCUT2D eigenvalue weighted by Crippen LogP contribution is 2.17. The molecule has 92 valence electrons. The summed E-state index contributed by atoms with van der Waals surface area (Å²) in [5.41, 5.74) is 5.29. The Hall–Kier alpha value is -2.70. The molecule has 0 bridgehead atoms. The third-order valence-electron chi connectivity index (χ3n) is 2.14. The van der Waals surface area contributed by atoms with Gasteiger partial charge in [-0.05, 0) is 18.2 Å². The first-order valence-corrected chi connectivity index (χ1v) is 4.97. The molecule has 2 aromatic rings. The lowest BCUT2D eigenvalue weighted by molar-refractivity contribution is 0.102. The second-order valence-electron chi connectivity index (χ2n) is 3.49. The quantitative estimate of drug-likeness (QED) is 0.682. The Balaban J connectivity index is 2.23. The number of aromatic amines is 1. The van der Waals surface area contributed by atoms with E-state index in [4.69, 9.17) is 5.73 Å². The fourth-order valence-corrected chi connectivity index (χ4v) is 1.29. The van der Waals surface area contributed by atoms with E-state index in [2.05, 4.69) is 15.3 Å². The van der Waals surface area contributed by atoms with Gasteiger partial charge in [0, 0.05) is 11.9 Å². The molecule has 0 unspecified atom stereocenters. The van der Waals surface area contributed by atoms with E-state index in [1.165, 1.54) is 12.1 Å². The maximum absolute atomic E-state index is 13.4. The molecule has 0 atom stereocenters. The van der Waals surface area contributed by atoms with Crippen LogP contribution in [0, 0.1) is 5.82 Å². The second kappa shape index (κ2) is 4.66. The van der Waals surface area contributed by atoms with Crippen molar-refractivity contribution in [3.05, 3.63) is 52.5 Å². The van der Waals surface area contributed by atoms with Crippen LogP contribution in [0.2, 0.25) is 0 Å². The van der Waals surface area contributed by atoms with E-state index in [9.17, 15) is 14.0 Å². The smallest absolute Gasteiger partial charge is 0.275 e. The summed E-state index contributed by atoms with van der Waals surface area (Å²) in [4.78, 5) is 28.4. The van der Waals surface area contributed by atoms with Gasteiger partial charge in [0.2, 0.25) is 0 Å². The molecule has 2 rings (SSSR count). The van der Waals surface area contributed by atoms with E-state index in [1.807, 2.05) is 0 Å². The summed E-state index contributed by atoms with van der Waals surface area (Å²) in [5.74, 6) is -1.25. The maximum atomic E-state index is 13.4. The van der Waals surface area contributed by atoms with E-state index in [1.54, 1.807) is 0 Å². The van der Waals surface area contributed by atoms with Crippen molar-refractivity contribution in [2.75, 3.05) is 11.1 Å². The molecule has 1 amide bonds. The van der Waals surface area contributed by atoms with Gasteiger partial charge in [0.1, 0.15) is 11.5 Å². The second-order valence-corrected chi connectivity index (χ2v) is 3.49. The van der Waals surface area contributed by atoms with E-state index in [0.717, 1.165) is 18.5 Å². The lowest BCUT2D eigenvalue weighted by atomic mass is 10.2. The third-order valence-corrected chi connectivity index (χ3v) is 2.14. The van der Waals surface area contributed by atoms with Crippen molar-refractivity contribution >= 4 is 17.3 Å². The molecule has 0 aliphatic rings. The lowest BCUT2D eigenvalue weighted by Crippen LogP contribution is -2.17. The van der Waals surface area contributed by atoms with Gasteiger partial charge in [-0.15, -0.1) is 0 Å². The number of carbonyl (C=O) groups excluding carboxylic acids is 1. The predicted molar refractivity (Wildman–Crippen MR) is 63.6 cm³/mol. The lowest BCUT2D eigenvalue weighted by Gasteiger charge is -2.06. The molecule has 0 saturated heterocycles. The molecule has 7 heteroatoms. The number of halogens is 1. The molecule has 4 N–H and O–H groups in total. The number of amides is 1. The van der Waals surface area contributed by atoms with Crippen LogP contribution < -0.4 is 16.6 Å². The van der Waals surface area contributed by atoms with Crippen molar-refractivity contribution in [1.29, 1.82) is 0 Å². The average Bonchev–Trinajstić information content (AvgIpc) is 2.34. The molecule has 6 nitrogen and oxygen atoms in total. The Morgan fingerprint density at radius 2 is 2.22 bits per heavy atom. The first kappa shape index (κ1) is 11.8. The average molecular weight is 248 g/mol. The van der Waals surface area contributed by atoms with Gasteiger partial charge >= 0.3 is 0 Å². The van der Waals surface area contributed by atoms with Crippen molar-refractivity contribution < 1.29 is 9.18 Å². The van der Waals surface area contributed by atoms with E-state index >= 15 is 0 Å². The highest BCUT2D eigenvalue weighted by atomic mass is 19.1. The molecular formula is C11H9FN4O2. The number of nitrogens with one attached hydrogen (secondary N) is 2. The Labute approximate surface area is 101 Å². The number of H-pyrrole nitrogens is 1. The van der Waals surface area contributed by atoms with Crippen LogP contribution >= 0.6 is 0 Å². The maximum Gasteiger partial charge on any atom is 0.275 e. The number of nitrogens with two attached hydrogens (primary N) is 1. The number of aromatic nitrogens is 2. The Bertz CT molecular complexity index is 633. The summed E-state index contributed by atoms with van der Waals surface area (Å²) in [7, 11) is 0. The van der Waals surface area contributed by atoms with Crippen LogP contribution in [0.4, 0.5) is 15.8 Å². The summed E-state index contributed by atoms with van der Waals surface area (Å²) in [6.07, 6.45) is 2.10. The molecule has 1 aromatic heterocycles. The summed E-state index contributed by atoms with van der Waals surface area (Å²) in [6.45, 7) is 0. The number of nitrogens with zero attached hydrogens (tertiary/aromatic N) is 1. The minimum absolute atomic E-state index is 0.0311. The molecule has 0 aliphatic heterocycles. The summed E-state index contributed by atoms with van der Waals surface area (Å²) < 4.78 is 13.4. The van der Waals surface area contributed by atoms with Crippen LogP contribution in [0.5, 0.6) is 0 Å².